The Morgan fingerprint density at radius 3 is 2.74 bits per heavy atom. The smallest absolute Gasteiger partial charge is 0.323 e. The maximum Gasteiger partial charge on any atom is 0.323 e. The van der Waals surface area contributed by atoms with Gasteiger partial charge in [0.2, 0.25) is 0 Å². The fourth-order valence-corrected chi connectivity index (χ4v) is 2.24. The van der Waals surface area contributed by atoms with Crippen molar-refractivity contribution < 1.29 is 14.3 Å². The van der Waals surface area contributed by atoms with Gasteiger partial charge in [-0.15, -0.1) is 0 Å². The second-order valence-corrected chi connectivity index (χ2v) is 4.86. The van der Waals surface area contributed by atoms with Crippen LogP contribution in [-0.4, -0.2) is 62.9 Å². The van der Waals surface area contributed by atoms with Gasteiger partial charge in [-0.2, -0.15) is 0 Å². The summed E-state index contributed by atoms with van der Waals surface area (Å²) in [5.41, 5.74) is 0. The second-order valence-electron chi connectivity index (χ2n) is 4.86. The Hall–Kier alpha value is -0.650. The van der Waals surface area contributed by atoms with E-state index in [1.54, 1.807) is 0 Å². The first-order chi connectivity index (χ1) is 9.27. The number of carbonyl (C=O) groups excluding carboxylic acids is 1. The number of morpholine rings is 1. The monoisotopic (exact) mass is 272 g/mol. The predicted molar refractivity (Wildman–Crippen MR) is 75.2 cm³/mol. The van der Waals surface area contributed by atoms with E-state index in [1.807, 2.05) is 6.92 Å². The fourth-order valence-electron chi connectivity index (χ4n) is 2.24. The molecular weight excluding hydrogens is 244 g/mol. The molecule has 0 aliphatic carbocycles. The summed E-state index contributed by atoms with van der Waals surface area (Å²) in [6.07, 6.45) is 2.88. The molecule has 1 N–H and O–H groups in total. The Balaban J connectivity index is 2.14. The summed E-state index contributed by atoms with van der Waals surface area (Å²) < 4.78 is 10.4. The maximum absolute atomic E-state index is 11.7. The normalized spacial score (nSPS) is 18.2. The Morgan fingerprint density at radius 2 is 2.11 bits per heavy atom. The number of hydrogen-bond donors (Lipinski definition) is 1. The SMILES string of the molecule is CCCC(NCCCN1CCOCC1)C(=O)OCC. The zero-order valence-corrected chi connectivity index (χ0v) is 12.3. The number of carbonyl (C=O) groups is 1. The van der Waals surface area contributed by atoms with Crippen LogP contribution in [0.1, 0.15) is 33.1 Å². The van der Waals surface area contributed by atoms with Crippen LogP contribution in [0, 0.1) is 0 Å². The van der Waals surface area contributed by atoms with Gasteiger partial charge in [0.15, 0.2) is 0 Å². The lowest BCUT2D eigenvalue weighted by Gasteiger charge is -2.26. The van der Waals surface area contributed by atoms with Crippen LogP contribution in [0.5, 0.6) is 0 Å². The molecule has 0 aromatic carbocycles. The van der Waals surface area contributed by atoms with Crippen molar-refractivity contribution >= 4 is 5.97 Å². The van der Waals surface area contributed by atoms with Crippen LogP contribution < -0.4 is 5.32 Å². The molecule has 0 aromatic heterocycles. The van der Waals surface area contributed by atoms with Gasteiger partial charge in [0.1, 0.15) is 6.04 Å². The fraction of sp³-hybridized carbons (Fsp3) is 0.929. The second kappa shape index (κ2) is 10.2. The number of rotatable bonds is 9. The lowest BCUT2D eigenvalue weighted by molar-refractivity contribution is -0.145. The van der Waals surface area contributed by atoms with Crippen LogP contribution in [0.15, 0.2) is 0 Å². The summed E-state index contributed by atoms with van der Waals surface area (Å²) >= 11 is 0. The third-order valence-corrected chi connectivity index (χ3v) is 3.29. The van der Waals surface area contributed by atoms with Gasteiger partial charge in [-0.1, -0.05) is 13.3 Å². The van der Waals surface area contributed by atoms with E-state index in [1.165, 1.54) is 0 Å². The average molecular weight is 272 g/mol. The minimum Gasteiger partial charge on any atom is -0.465 e. The third-order valence-electron chi connectivity index (χ3n) is 3.29. The summed E-state index contributed by atoms with van der Waals surface area (Å²) in [6, 6.07) is -0.144. The molecule has 19 heavy (non-hydrogen) atoms. The number of esters is 1. The molecule has 1 aliphatic rings. The van der Waals surface area contributed by atoms with Gasteiger partial charge in [-0.3, -0.25) is 9.69 Å². The van der Waals surface area contributed by atoms with E-state index in [0.29, 0.717) is 6.61 Å². The Morgan fingerprint density at radius 1 is 1.37 bits per heavy atom. The van der Waals surface area contributed by atoms with Crippen LogP contribution in [0.3, 0.4) is 0 Å². The molecule has 0 amide bonds. The van der Waals surface area contributed by atoms with Crippen LogP contribution in [0.25, 0.3) is 0 Å². The van der Waals surface area contributed by atoms with Crippen LogP contribution in [-0.2, 0) is 14.3 Å². The van der Waals surface area contributed by atoms with Gasteiger partial charge in [0.25, 0.3) is 0 Å². The minimum atomic E-state index is -0.144. The van der Waals surface area contributed by atoms with Crippen LogP contribution >= 0.6 is 0 Å². The number of ether oxygens (including phenoxy) is 2. The highest BCUT2D eigenvalue weighted by atomic mass is 16.5. The van der Waals surface area contributed by atoms with Gasteiger partial charge in [-0.05, 0) is 32.9 Å². The molecular formula is C14H28N2O3. The molecule has 0 radical (unpaired) electrons. The van der Waals surface area contributed by atoms with E-state index < -0.39 is 0 Å². The Bertz CT molecular complexity index is 243. The highest BCUT2D eigenvalue weighted by Crippen LogP contribution is 2.01. The predicted octanol–water partition coefficient (Wildman–Crippen LogP) is 1.03. The van der Waals surface area contributed by atoms with Crippen molar-refractivity contribution in [2.45, 2.75) is 39.2 Å². The van der Waals surface area contributed by atoms with Crippen molar-refractivity contribution in [1.29, 1.82) is 0 Å². The molecule has 0 spiro atoms. The van der Waals surface area contributed by atoms with Crippen molar-refractivity contribution in [3.63, 3.8) is 0 Å². The number of hydrogen-bond acceptors (Lipinski definition) is 5. The summed E-state index contributed by atoms with van der Waals surface area (Å²) in [4.78, 5) is 14.1. The van der Waals surface area contributed by atoms with E-state index in [-0.39, 0.29) is 12.0 Å². The quantitative estimate of drug-likeness (QED) is 0.502. The molecule has 1 saturated heterocycles. The molecule has 1 atom stereocenters. The summed E-state index contributed by atoms with van der Waals surface area (Å²) in [5, 5.41) is 3.31. The van der Waals surface area contributed by atoms with Gasteiger partial charge >= 0.3 is 5.97 Å². The van der Waals surface area contributed by atoms with Crippen molar-refractivity contribution in [3.8, 4) is 0 Å². The molecule has 1 fully saturated rings. The standard InChI is InChI=1S/C14H28N2O3/c1-3-6-13(14(17)19-4-2)15-7-5-8-16-9-11-18-12-10-16/h13,15H,3-12H2,1-2H3. The molecule has 1 aliphatic heterocycles. The van der Waals surface area contributed by atoms with Crippen molar-refractivity contribution in [2.24, 2.45) is 0 Å². The summed E-state index contributed by atoms with van der Waals surface area (Å²) in [6.45, 7) is 10.0. The van der Waals surface area contributed by atoms with Crippen molar-refractivity contribution in [2.75, 3.05) is 46.0 Å². The molecule has 0 bridgehead atoms. The van der Waals surface area contributed by atoms with E-state index in [0.717, 1.165) is 58.7 Å². The first kappa shape index (κ1) is 16.4. The first-order valence-corrected chi connectivity index (χ1v) is 7.48. The van der Waals surface area contributed by atoms with Gasteiger partial charge in [0, 0.05) is 13.1 Å². The minimum absolute atomic E-state index is 0.115. The van der Waals surface area contributed by atoms with Crippen molar-refractivity contribution in [1.82, 2.24) is 10.2 Å². The molecule has 5 nitrogen and oxygen atoms in total. The van der Waals surface area contributed by atoms with E-state index in [4.69, 9.17) is 9.47 Å². The molecule has 0 aromatic rings. The van der Waals surface area contributed by atoms with Gasteiger partial charge in [-0.25, -0.2) is 0 Å². The zero-order chi connectivity index (χ0) is 13.9. The highest BCUT2D eigenvalue weighted by Gasteiger charge is 2.17. The largest absolute Gasteiger partial charge is 0.465 e. The summed E-state index contributed by atoms with van der Waals surface area (Å²) in [7, 11) is 0. The zero-order valence-electron chi connectivity index (χ0n) is 12.3. The molecule has 0 saturated carbocycles. The number of nitrogens with one attached hydrogen (secondary N) is 1. The van der Waals surface area contributed by atoms with E-state index >= 15 is 0 Å². The topological polar surface area (TPSA) is 50.8 Å². The molecule has 5 heteroatoms. The molecule has 1 unspecified atom stereocenters. The Kier molecular flexibility index (Phi) is 8.79. The maximum atomic E-state index is 11.7. The third kappa shape index (κ3) is 6.89. The van der Waals surface area contributed by atoms with Crippen LogP contribution in [0.2, 0.25) is 0 Å². The van der Waals surface area contributed by atoms with Crippen LogP contribution in [0.4, 0.5) is 0 Å². The molecule has 1 rings (SSSR count). The van der Waals surface area contributed by atoms with Gasteiger partial charge in [0.05, 0.1) is 19.8 Å². The lowest BCUT2D eigenvalue weighted by atomic mass is 10.1. The molecule has 112 valence electrons. The van der Waals surface area contributed by atoms with Gasteiger partial charge < -0.3 is 14.8 Å². The lowest BCUT2D eigenvalue weighted by Crippen LogP contribution is -2.41. The number of nitrogens with zero attached hydrogens (tertiary/aromatic N) is 1. The Labute approximate surface area is 116 Å². The van der Waals surface area contributed by atoms with E-state index in [2.05, 4.69) is 17.1 Å². The van der Waals surface area contributed by atoms with E-state index in [9.17, 15) is 4.79 Å². The first-order valence-electron chi connectivity index (χ1n) is 7.48. The summed E-state index contributed by atoms with van der Waals surface area (Å²) in [5.74, 6) is -0.115. The molecule has 1 heterocycles. The van der Waals surface area contributed by atoms with Crippen molar-refractivity contribution in [3.05, 3.63) is 0 Å². The highest BCUT2D eigenvalue weighted by molar-refractivity contribution is 5.75. The average Bonchev–Trinajstić information content (AvgIpc) is 2.43.